The van der Waals surface area contributed by atoms with Gasteiger partial charge in [0.15, 0.2) is 11.5 Å². The van der Waals surface area contributed by atoms with Crippen molar-refractivity contribution >= 4 is 29.1 Å². The van der Waals surface area contributed by atoms with Gasteiger partial charge in [0.1, 0.15) is 6.61 Å². The molecule has 0 saturated carbocycles. The van der Waals surface area contributed by atoms with E-state index in [9.17, 15) is 14.4 Å². The molecule has 2 aromatic rings. The van der Waals surface area contributed by atoms with E-state index in [0.717, 1.165) is 0 Å². The molecule has 1 saturated heterocycles. The molecule has 9 heteroatoms. The largest absolute Gasteiger partial charge is 0.485 e. The van der Waals surface area contributed by atoms with Gasteiger partial charge in [-0.3, -0.25) is 25.2 Å². The first-order valence-electron chi connectivity index (χ1n) is 9.43. The highest BCUT2D eigenvalue weighted by atomic mass is 32.1. The van der Waals surface area contributed by atoms with Gasteiger partial charge < -0.3 is 14.4 Å². The Bertz CT molecular complexity index is 893. The molecule has 3 heterocycles. The van der Waals surface area contributed by atoms with Crippen LogP contribution in [0, 0.1) is 5.92 Å². The van der Waals surface area contributed by atoms with Gasteiger partial charge in [0.05, 0.1) is 4.88 Å². The van der Waals surface area contributed by atoms with Gasteiger partial charge in [0.25, 0.3) is 11.8 Å². The second-order valence-corrected chi connectivity index (χ2v) is 7.83. The summed E-state index contributed by atoms with van der Waals surface area (Å²) in [6.07, 6.45) is 0.264. The normalized spacial score (nSPS) is 18.8. The molecular weight excluding hydrogens is 394 g/mol. The van der Waals surface area contributed by atoms with E-state index in [-0.39, 0.29) is 24.3 Å². The maximum atomic E-state index is 12.4. The number of carbonyl (C=O) groups is 3. The number of piperidine rings is 1. The highest BCUT2D eigenvalue weighted by molar-refractivity contribution is 7.12. The third-order valence-corrected chi connectivity index (χ3v) is 5.85. The van der Waals surface area contributed by atoms with Crippen molar-refractivity contribution in [3.8, 4) is 11.5 Å². The maximum Gasteiger partial charge on any atom is 0.283 e. The van der Waals surface area contributed by atoms with Crippen molar-refractivity contribution in [3.63, 3.8) is 0 Å². The number of ether oxygens (including phenoxy) is 2. The molecule has 1 fully saturated rings. The summed E-state index contributed by atoms with van der Waals surface area (Å²) in [5, 5.41) is 1.87. The number of fused-ring (bicyclic) bond motifs is 1. The number of benzene rings is 1. The van der Waals surface area contributed by atoms with E-state index < -0.39 is 12.0 Å². The average molecular weight is 415 g/mol. The van der Waals surface area contributed by atoms with Crippen LogP contribution in [0.25, 0.3) is 0 Å². The minimum Gasteiger partial charge on any atom is -0.485 e. The fourth-order valence-corrected chi connectivity index (χ4v) is 4.05. The number of thiophene rings is 1. The number of hydrogen-bond acceptors (Lipinski definition) is 6. The van der Waals surface area contributed by atoms with E-state index >= 15 is 0 Å². The van der Waals surface area contributed by atoms with Crippen molar-refractivity contribution in [2.75, 3.05) is 19.7 Å². The number of para-hydroxylation sites is 2. The Morgan fingerprint density at radius 3 is 2.41 bits per heavy atom. The Kier molecular flexibility index (Phi) is 5.66. The molecule has 0 unspecified atom stereocenters. The van der Waals surface area contributed by atoms with E-state index in [0.29, 0.717) is 42.3 Å². The van der Waals surface area contributed by atoms with Crippen LogP contribution in [0.3, 0.4) is 0 Å². The lowest BCUT2D eigenvalue weighted by Gasteiger charge is -2.31. The fourth-order valence-electron chi connectivity index (χ4n) is 3.36. The highest BCUT2D eigenvalue weighted by Gasteiger charge is 2.30. The Labute approximate surface area is 171 Å². The summed E-state index contributed by atoms with van der Waals surface area (Å²) in [7, 11) is 0. The predicted octanol–water partition coefficient (Wildman–Crippen LogP) is 1.59. The summed E-state index contributed by atoms with van der Waals surface area (Å²) in [6.45, 7) is 1.10. The van der Waals surface area contributed by atoms with Crippen molar-refractivity contribution in [1.29, 1.82) is 0 Å². The second-order valence-electron chi connectivity index (χ2n) is 6.89. The van der Waals surface area contributed by atoms with Gasteiger partial charge in [-0.05, 0) is 36.4 Å². The Morgan fingerprint density at radius 1 is 0.966 bits per heavy atom. The number of nitrogens with one attached hydrogen (secondary N) is 2. The van der Waals surface area contributed by atoms with Crippen molar-refractivity contribution < 1.29 is 23.9 Å². The van der Waals surface area contributed by atoms with Crippen LogP contribution < -0.4 is 20.3 Å². The number of nitrogens with zero attached hydrogens (tertiary/aromatic N) is 1. The Balaban J connectivity index is 1.22. The van der Waals surface area contributed by atoms with E-state index in [4.69, 9.17) is 9.47 Å². The zero-order chi connectivity index (χ0) is 20.2. The number of carbonyl (C=O) groups excluding carboxylic acids is 3. The zero-order valence-corrected chi connectivity index (χ0v) is 16.4. The molecule has 3 amide bonds. The number of hydrogen-bond donors (Lipinski definition) is 2. The van der Waals surface area contributed by atoms with Crippen LogP contribution in [-0.2, 0) is 9.59 Å². The van der Waals surface area contributed by atoms with Crippen LogP contribution in [-0.4, -0.2) is 48.4 Å². The second kappa shape index (κ2) is 8.52. The molecule has 4 rings (SSSR count). The molecule has 0 radical (unpaired) electrons. The molecule has 2 N–H and O–H groups in total. The minimum absolute atomic E-state index is 0.00175. The third-order valence-electron chi connectivity index (χ3n) is 4.99. The summed E-state index contributed by atoms with van der Waals surface area (Å²) in [6, 6.07) is 10.7. The SMILES string of the molecule is O=C(NNC(=O)[C@@H]1COc2ccccc2O1)C1CCN(C(=O)c2cccs2)CC1. The number of hydrazine groups is 1. The predicted molar refractivity (Wildman–Crippen MR) is 106 cm³/mol. The molecule has 29 heavy (non-hydrogen) atoms. The average Bonchev–Trinajstić information content (AvgIpc) is 3.31. The molecular formula is C20H21N3O5S. The lowest BCUT2D eigenvalue weighted by molar-refractivity contribution is -0.136. The lowest BCUT2D eigenvalue weighted by Crippen LogP contribution is -2.53. The molecule has 2 aliphatic rings. The summed E-state index contributed by atoms with van der Waals surface area (Å²) >= 11 is 1.41. The quantitative estimate of drug-likeness (QED) is 0.742. The number of likely N-dealkylation sites (tertiary alicyclic amines) is 1. The standard InChI is InChI=1S/C20H21N3O5S/c24-18(13-7-9-23(10-8-13)20(26)17-6-3-11-29-17)21-22-19(25)16-12-27-14-4-1-2-5-15(14)28-16/h1-6,11,13,16H,7-10,12H2,(H,21,24)(H,22,25)/t16-/m0/s1. The van der Waals surface area contributed by atoms with Crippen LogP contribution in [0.5, 0.6) is 11.5 Å². The molecule has 2 aliphatic heterocycles. The van der Waals surface area contributed by atoms with Gasteiger partial charge in [-0.2, -0.15) is 0 Å². The molecule has 1 atom stereocenters. The van der Waals surface area contributed by atoms with Gasteiger partial charge in [0.2, 0.25) is 12.0 Å². The monoisotopic (exact) mass is 415 g/mol. The minimum atomic E-state index is -0.838. The van der Waals surface area contributed by atoms with E-state index in [2.05, 4.69) is 10.9 Å². The fraction of sp³-hybridized carbons (Fsp3) is 0.350. The van der Waals surface area contributed by atoms with Crippen molar-refractivity contribution in [1.82, 2.24) is 15.8 Å². The van der Waals surface area contributed by atoms with Gasteiger partial charge in [0, 0.05) is 19.0 Å². The molecule has 1 aromatic carbocycles. The summed E-state index contributed by atoms with van der Waals surface area (Å²) in [5.41, 5.74) is 4.88. The first kappa shape index (κ1) is 19.3. The van der Waals surface area contributed by atoms with Crippen LogP contribution in [0.1, 0.15) is 22.5 Å². The first-order chi connectivity index (χ1) is 14.1. The van der Waals surface area contributed by atoms with Crippen LogP contribution in [0.15, 0.2) is 41.8 Å². The van der Waals surface area contributed by atoms with Gasteiger partial charge in [-0.25, -0.2) is 0 Å². The Hall–Kier alpha value is -3.07. The van der Waals surface area contributed by atoms with Gasteiger partial charge in [-0.1, -0.05) is 18.2 Å². The molecule has 0 spiro atoms. The lowest BCUT2D eigenvalue weighted by atomic mass is 9.96. The topological polar surface area (TPSA) is 97.0 Å². The van der Waals surface area contributed by atoms with E-state index in [1.807, 2.05) is 17.5 Å². The first-order valence-corrected chi connectivity index (χ1v) is 10.3. The molecule has 0 bridgehead atoms. The molecule has 152 valence electrons. The third kappa shape index (κ3) is 4.34. The smallest absolute Gasteiger partial charge is 0.283 e. The van der Waals surface area contributed by atoms with Crippen molar-refractivity contribution in [2.45, 2.75) is 18.9 Å². The molecule has 1 aromatic heterocycles. The zero-order valence-electron chi connectivity index (χ0n) is 15.6. The van der Waals surface area contributed by atoms with E-state index in [1.54, 1.807) is 29.2 Å². The molecule has 8 nitrogen and oxygen atoms in total. The van der Waals surface area contributed by atoms with Gasteiger partial charge >= 0.3 is 0 Å². The summed E-state index contributed by atoms with van der Waals surface area (Å²) in [4.78, 5) is 39.5. The number of rotatable bonds is 3. The summed E-state index contributed by atoms with van der Waals surface area (Å²) < 4.78 is 11.1. The van der Waals surface area contributed by atoms with Crippen LogP contribution in [0.2, 0.25) is 0 Å². The Morgan fingerprint density at radius 2 is 1.69 bits per heavy atom. The number of amides is 3. The highest BCUT2D eigenvalue weighted by Crippen LogP contribution is 2.30. The molecule has 0 aliphatic carbocycles. The van der Waals surface area contributed by atoms with Gasteiger partial charge in [-0.15, -0.1) is 11.3 Å². The van der Waals surface area contributed by atoms with Crippen molar-refractivity contribution in [3.05, 3.63) is 46.7 Å². The van der Waals surface area contributed by atoms with E-state index in [1.165, 1.54) is 11.3 Å². The van der Waals surface area contributed by atoms with Crippen LogP contribution in [0.4, 0.5) is 0 Å². The van der Waals surface area contributed by atoms with Crippen LogP contribution >= 0.6 is 11.3 Å². The maximum absolute atomic E-state index is 12.4. The van der Waals surface area contributed by atoms with Crippen molar-refractivity contribution in [2.24, 2.45) is 5.92 Å². The summed E-state index contributed by atoms with van der Waals surface area (Å²) in [5.74, 6) is 0.0862.